The number of nitrogens with zero attached hydrogens (tertiary/aromatic N) is 1. The van der Waals surface area contributed by atoms with E-state index in [1.165, 1.54) is 18.4 Å². The van der Waals surface area contributed by atoms with Crippen molar-refractivity contribution in [2.75, 3.05) is 13.1 Å². The molecule has 0 aromatic heterocycles. The van der Waals surface area contributed by atoms with Gasteiger partial charge in [0.05, 0.1) is 0 Å². The van der Waals surface area contributed by atoms with Gasteiger partial charge in [-0.3, -0.25) is 4.90 Å². The number of benzene rings is 1. The minimum absolute atomic E-state index is 0.104. The van der Waals surface area contributed by atoms with Crippen LogP contribution in [0.25, 0.3) is 0 Å². The van der Waals surface area contributed by atoms with Gasteiger partial charge in [0.1, 0.15) is 5.82 Å². The van der Waals surface area contributed by atoms with Crippen molar-refractivity contribution in [2.45, 2.75) is 58.2 Å². The maximum absolute atomic E-state index is 13.6. The van der Waals surface area contributed by atoms with Crippen LogP contribution in [0, 0.1) is 18.7 Å². The summed E-state index contributed by atoms with van der Waals surface area (Å²) in [5, 5.41) is 3.77. The van der Waals surface area contributed by atoms with Gasteiger partial charge in [0, 0.05) is 30.7 Å². The Morgan fingerprint density at radius 1 is 1.29 bits per heavy atom. The lowest BCUT2D eigenvalue weighted by Gasteiger charge is -2.51. The molecule has 1 aliphatic heterocycles. The van der Waals surface area contributed by atoms with Crippen LogP contribution in [0.1, 0.15) is 44.7 Å². The largest absolute Gasteiger partial charge is 0.308 e. The number of hydrogen-bond acceptors (Lipinski definition) is 2. The van der Waals surface area contributed by atoms with Crippen molar-refractivity contribution in [1.29, 1.82) is 0 Å². The van der Waals surface area contributed by atoms with Gasteiger partial charge in [0.2, 0.25) is 0 Å². The molecule has 3 rings (SSSR count). The van der Waals surface area contributed by atoms with Gasteiger partial charge in [-0.2, -0.15) is 0 Å². The third kappa shape index (κ3) is 3.00. The van der Waals surface area contributed by atoms with E-state index in [2.05, 4.69) is 37.9 Å². The fourth-order valence-electron chi connectivity index (χ4n) is 3.48. The van der Waals surface area contributed by atoms with E-state index in [1.54, 1.807) is 12.1 Å². The molecule has 0 radical (unpaired) electrons. The Bertz CT molecular complexity index is 536. The van der Waals surface area contributed by atoms with Crippen molar-refractivity contribution >= 4 is 0 Å². The van der Waals surface area contributed by atoms with Crippen molar-refractivity contribution in [3.8, 4) is 0 Å². The van der Waals surface area contributed by atoms with Gasteiger partial charge in [0.25, 0.3) is 0 Å². The van der Waals surface area contributed by atoms with Crippen LogP contribution in [0.3, 0.4) is 0 Å². The first-order valence-electron chi connectivity index (χ1n) is 8.05. The van der Waals surface area contributed by atoms with E-state index in [0.29, 0.717) is 0 Å². The highest BCUT2D eigenvalue weighted by Gasteiger charge is 2.48. The lowest BCUT2D eigenvalue weighted by molar-refractivity contribution is 0.0176. The van der Waals surface area contributed by atoms with Gasteiger partial charge in [-0.05, 0) is 69.7 Å². The molecule has 1 atom stereocenters. The minimum atomic E-state index is -0.131. The molecule has 0 bridgehead atoms. The molecular formula is C18H27FN2. The molecule has 2 aliphatic rings. The molecule has 1 aromatic rings. The number of piperazine rings is 1. The Morgan fingerprint density at radius 2 is 2.00 bits per heavy atom. The summed E-state index contributed by atoms with van der Waals surface area (Å²) in [5.41, 5.74) is 2.62. The van der Waals surface area contributed by atoms with Crippen molar-refractivity contribution in [1.82, 2.24) is 10.2 Å². The van der Waals surface area contributed by atoms with Crippen LogP contribution in [0.15, 0.2) is 18.2 Å². The summed E-state index contributed by atoms with van der Waals surface area (Å²) in [7, 11) is 0. The standard InChI is InChI=1S/C18H27FN2/c1-13-5-8-16(19)9-14(13)10-21-12-18(4,15-6-7-15)20-11-17(21,2)3/h5,8-9,15,20H,6-7,10-12H2,1-4H3. The Labute approximate surface area is 127 Å². The highest BCUT2D eigenvalue weighted by molar-refractivity contribution is 5.27. The molecule has 1 aliphatic carbocycles. The van der Waals surface area contributed by atoms with E-state index in [4.69, 9.17) is 0 Å². The maximum Gasteiger partial charge on any atom is 0.123 e. The number of hydrogen-bond donors (Lipinski definition) is 1. The first-order chi connectivity index (χ1) is 9.80. The summed E-state index contributed by atoms with van der Waals surface area (Å²) in [5.74, 6) is 0.679. The fourth-order valence-corrected chi connectivity index (χ4v) is 3.48. The quantitative estimate of drug-likeness (QED) is 0.917. The first-order valence-corrected chi connectivity index (χ1v) is 8.05. The molecule has 1 aromatic carbocycles. The molecule has 21 heavy (non-hydrogen) atoms. The average molecular weight is 290 g/mol. The molecule has 116 valence electrons. The highest BCUT2D eigenvalue weighted by atomic mass is 19.1. The van der Waals surface area contributed by atoms with Gasteiger partial charge in [0.15, 0.2) is 0 Å². The summed E-state index contributed by atoms with van der Waals surface area (Å²) in [6.45, 7) is 11.9. The molecule has 2 nitrogen and oxygen atoms in total. The lowest BCUT2D eigenvalue weighted by atomic mass is 9.86. The Kier molecular flexibility index (Phi) is 3.61. The number of rotatable bonds is 3. The van der Waals surface area contributed by atoms with Gasteiger partial charge < -0.3 is 5.32 Å². The molecule has 1 saturated heterocycles. The molecule has 1 N–H and O–H groups in total. The predicted molar refractivity (Wildman–Crippen MR) is 84.8 cm³/mol. The zero-order valence-electron chi connectivity index (χ0n) is 13.7. The summed E-state index contributed by atoms with van der Waals surface area (Å²) >= 11 is 0. The van der Waals surface area contributed by atoms with Crippen LogP contribution in [-0.2, 0) is 6.54 Å². The number of nitrogens with one attached hydrogen (secondary N) is 1. The molecule has 0 amide bonds. The van der Waals surface area contributed by atoms with Crippen molar-refractivity contribution in [3.63, 3.8) is 0 Å². The van der Waals surface area contributed by atoms with E-state index < -0.39 is 0 Å². The van der Waals surface area contributed by atoms with Crippen LogP contribution in [0.2, 0.25) is 0 Å². The molecule has 0 spiro atoms. The summed E-state index contributed by atoms with van der Waals surface area (Å²) < 4.78 is 13.6. The minimum Gasteiger partial charge on any atom is -0.308 e. The molecule has 1 unspecified atom stereocenters. The van der Waals surface area contributed by atoms with Crippen molar-refractivity contribution in [2.24, 2.45) is 5.92 Å². The zero-order valence-corrected chi connectivity index (χ0v) is 13.7. The monoisotopic (exact) mass is 290 g/mol. The molecule has 3 heteroatoms. The fraction of sp³-hybridized carbons (Fsp3) is 0.667. The summed E-state index contributed by atoms with van der Waals surface area (Å²) in [4.78, 5) is 2.53. The van der Waals surface area contributed by atoms with Gasteiger partial charge in [-0.1, -0.05) is 6.07 Å². The smallest absolute Gasteiger partial charge is 0.123 e. The van der Waals surface area contributed by atoms with E-state index in [1.807, 2.05) is 6.07 Å². The molecule has 1 heterocycles. The van der Waals surface area contributed by atoms with Crippen LogP contribution in [0.5, 0.6) is 0 Å². The van der Waals surface area contributed by atoms with E-state index in [0.717, 1.165) is 31.1 Å². The second-order valence-corrected chi connectivity index (χ2v) is 7.78. The summed E-state index contributed by atoms with van der Waals surface area (Å²) in [6.07, 6.45) is 2.69. The van der Waals surface area contributed by atoms with E-state index in [-0.39, 0.29) is 16.9 Å². The second kappa shape index (κ2) is 5.06. The average Bonchev–Trinajstić information content (AvgIpc) is 3.24. The SMILES string of the molecule is Cc1ccc(F)cc1CN1CC(C)(C2CC2)NCC1(C)C. The maximum atomic E-state index is 13.6. The zero-order chi connectivity index (χ0) is 15.3. The van der Waals surface area contributed by atoms with Gasteiger partial charge in [-0.25, -0.2) is 4.39 Å². The predicted octanol–water partition coefficient (Wildman–Crippen LogP) is 3.49. The highest BCUT2D eigenvalue weighted by Crippen LogP contribution is 2.42. The third-order valence-corrected chi connectivity index (χ3v) is 5.45. The van der Waals surface area contributed by atoms with Crippen molar-refractivity contribution in [3.05, 3.63) is 35.1 Å². The van der Waals surface area contributed by atoms with Crippen LogP contribution >= 0.6 is 0 Å². The second-order valence-electron chi connectivity index (χ2n) is 7.78. The molecule has 1 saturated carbocycles. The number of aryl methyl sites for hydroxylation is 1. The Balaban J connectivity index is 1.82. The Morgan fingerprint density at radius 3 is 2.67 bits per heavy atom. The first kappa shape index (κ1) is 15.0. The van der Waals surface area contributed by atoms with E-state index in [9.17, 15) is 4.39 Å². The normalized spacial score (nSPS) is 29.6. The van der Waals surface area contributed by atoms with Crippen LogP contribution < -0.4 is 5.32 Å². The van der Waals surface area contributed by atoms with Gasteiger partial charge >= 0.3 is 0 Å². The topological polar surface area (TPSA) is 15.3 Å². The molecular weight excluding hydrogens is 263 g/mol. The van der Waals surface area contributed by atoms with E-state index >= 15 is 0 Å². The third-order valence-electron chi connectivity index (χ3n) is 5.45. The number of halogens is 1. The van der Waals surface area contributed by atoms with Crippen LogP contribution in [-0.4, -0.2) is 29.1 Å². The van der Waals surface area contributed by atoms with Crippen LogP contribution in [0.4, 0.5) is 4.39 Å². The summed E-state index contributed by atoms with van der Waals surface area (Å²) in [6, 6.07) is 5.14. The Hall–Kier alpha value is -0.930. The lowest BCUT2D eigenvalue weighted by Crippen LogP contribution is -2.67. The van der Waals surface area contributed by atoms with Gasteiger partial charge in [-0.15, -0.1) is 0 Å². The van der Waals surface area contributed by atoms with Crippen molar-refractivity contribution < 1.29 is 4.39 Å². The molecule has 2 fully saturated rings.